The summed E-state index contributed by atoms with van der Waals surface area (Å²) in [6.45, 7) is 1.86. The van der Waals surface area contributed by atoms with Crippen LogP contribution in [0.2, 0.25) is 0 Å². The zero-order valence-corrected chi connectivity index (χ0v) is 8.09. The first-order chi connectivity index (χ1) is 6.38. The average Bonchev–Trinajstić information content (AvgIpc) is 2.71. The summed E-state index contributed by atoms with van der Waals surface area (Å²) in [4.78, 5) is 4.80. The Labute approximate surface area is 80.0 Å². The van der Waals surface area contributed by atoms with Crippen molar-refractivity contribution < 1.29 is 4.21 Å². The number of hydrogen-bond acceptors (Lipinski definition) is 3. The van der Waals surface area contributed by atoms with Crippen LogP contribution in [0.15, 0.2) is 29.4 Å². The van der Waals surface area contributed by atoms with Crippen LogP contribution in [0.3, 0.4) is 0 Å². The average molecular weight is 196 g/mol. The predicted molar refractivity (Wildman–Crippen MR) is 51.9 cm³/mol. The Hall–Kier alpha value is -0.740. The molecule has 0 aliphatic carbocycles. The lowest BCUT2D eigenvalue weighted by molar-refractivity contribution is 0.672. The summed E-state index contributed by atoms with van der Waals surface area (Å²) < 4.78 is 11.9. The zero-order chi connectivity index (χ0) is 9.10. The highest BCUT2D eigenvalue weighted by atomic mass is 32.2. The normalized spacial score (nSPS) is 24.5. The second-order valence-corrected chi connectivity index (χ2v) is 4.83. The molecule has 1 aliphatic heterocycles. The molecule has 1 aliphatic rings. The number of hydrogen-bond donors (Lipinski definition) is 1. The van der Waals surface area contributed by atoms with Gasteiger partial charge in [-0.15, -0.1) is 0 Å². The minimum atomic E-state index is -0.861. The summed E-state index contributed by atoms with van der Waals surface area (Å²) in [5, 5.41) is 3.49. The summed E-state index contributed by atoms with van der Waals surface area (Å²) >= 11 is 0. The number of pyridine rings is 1. The molecule has 70 valence electrons. The molecule has 0 amide bonds. The van der Waals surface area contributed by atoms with Gasteiger partial charge in [0.05, 0.1) is 16.0 Å². The molecule has 4 heteroatoms. The summed E-state index contributed by atoms with van der Waals surface area (Å²) in [7, 11) is -0.861. The Balaban J connectivity index is 2.13. The molecule has 2 rings (SSSR count). The van der Waals surface area contributed by atoms with Gasteiger partial charge in [-0.1, -0.05) is 0 Å². The highest BCUT2D eigenvalue weighted by Crippen LogP contribution is 2.14. The Morgan fingerprint density at radius 2 is 2.23 bits per heavy atom. The Bertz CT molecular complexity index is 296. The molecular formula is C9H12N2OS. The molecular weight excluding hydrogens is 184 g/mol. The quantitative estimate of drug-likeness (QED) is 0.751. The first-order valence-corrected chi connectivity index (χ1v) is 5.60. The molecule has 0 spiro atoms. The lowest BCUT2D eigenvalue weighted by atomic mass is 10.4. The number of nitrogens with one attached hydrogen (secondary N) is 1. The van der Waals surface area contributed by atoms with Crippen LogP contribution in [0.5, 0.6) is 0 Å². The van der Waals surface area contributed by atoms with E-state index in [1.165, 1.54) is 0 Å². The van der Waals surface area contributed by atoms with Crippen molar-refractivity contribution in [3.63, 3.8) is 0 Å². The van der Waals surface area contributed by atoms with E-state index in [-0.39, 0.29) is 5.25 Å². The maximum absolute atomic E-state index is 11.9. The van der Waals surface area contributed by atoms with Crippen LogP contribution < -0.4 is 5.32 Å². The second kappa shape index (κ2) is 3.98. The van der Waals surface area contributed by atoms with Gasteiger partial charge in [-0.25, -0.2) is 0 Å². The van der Waals surface area contributed by atoms with E-state index in [0.717, 1.165) is 24.4 Å². The van der Waals surface area contributed by atoms with Gasteiger partial charge in [0, 0.05) is 23.8 Å². The van der Waals surface area contributed by atoms with E-state index in [4.69, 9.17) is 0 Å². The third kappa shape index (κ3) is 1.95. The highest BCUT2D eigenvalue weighted by molar-refractivity contribution is 7.85. The van der Waals surface area contributed by atoms with Crippen LogP contribution in [0, 0.1) is 0 Å². The minimum Gasteiger partial charge on any atom is -0.315 e. The van der Waals surface area contributed by atoms with Gasteiger partial charge in [-0.05, 0) is 25.1 Å². The lowest BCUT2D eigenvalue weighted by Gasteiger charge is -2.07. The molecule has 1 aromatic rings. The van der Waals surface area contributed by atoms with E-state index in [0.29, 0.717) is 0 Å². The topological polar surface area (TPSA) is 42.0 Å². The van der Waals surface area contributed by atoms with Crippen LogP contribution >= 0.6 is 0 Å². The van der Waals surface area contributed by atoms with Crippen molar-refractivity contribution in [2.75, 3.05) is 13.1 Å². The van der Waals surface area contributed by atoms with E-state index in [9.17, 15) is 4.21 Å². The van der Waals surface area contributed by atoms with Crippen LogP contribution in [-0.4, -0.2) is 27.5 Å². The molecule has 0 aromatic carbocycles. The summed E-state index contributed by atoms with van der Waals surface area (Å²) in [6, 6.07) is 3.66. The van der Waals surface area contributed by atoms with Gasteiger partial charge in [0.25, 0.3) is 0 Å². The number of rotatable bonds is 2. The van der Waals surface area contributed by atoms with Gasteiger partial charge in [-0.2, -0.15) is 0 Å². The van der Waals surface area contributed by atoms with E-state index < -0.39 is 10.8 Å². The van der Waals surface area contributed by atoms with Gasteiger partial charge >= 0.3 is 0 Å². The lowest BCUT2D eigenvalue weighted by Crippen LogP contribution is -2.18. The molecule has 2 atom stereocenters. The monoisotopic (exact) mass is 196 g/mol. The third-order valence-electron chi connectivity index (χ3n) is 2.20. The molecule has 0 unspecified atom stereocenters. The molecule has 0 bridgehead atoms. The van der Waals surface area contributed by atoms with Crippen LogP contribution in [0.25, 0.3) is 0 Å². The highest BCUT2D eigenvalue weighted by Gasteiger charge is 2.21. The van der Waals surface area contributed by atoms with Crippen LogP contribution in [-0.2, 0) is 10.8 Å². The zero-order valence-electron chi connectivity index (χ0n) is 7.27. The van der Waals surface area contributed by atoms with Crippen LogP contribution in [0.4, 0.5) is 0 Å². The first kappa shape index (κ1) is 8.84. The minimum absolute atomic E-state index is 0.280. The van der Waals surface area contributed by atoms with E-state index in [1.54, 1.807) is 12.4 Å². The second-order valence-electron chi connectivity index (χ2n) is 3.10. The van der Waals surface area contributed by atoms with Crippen molar-refractivity contribution in [2.24, 2.45) is 0 Å². The van der Waals surface area contributed by atoms with Crippen molar-refractivity contribution in [1.29, 1.82) is 0 Å². The molecule has 13 heavy (non-hydrogen) atoms. The number of nitrogens with zero attached hydrogens (tertiary/aromatic N) is 1. The molecule has 2 heterocycles. The SMILES string of the molecule is O=[S@@](c1ccncc1)[C@@H]1CCNC1. The van der Waals surface area contributed by atoms with E-state index in [2.05, 4.69) is 10.3 Å². The first-order valence-electron chi connectivity index (χ1n) is 4.39. The fourth-order valence-corrected chi connectivity index (χ4v) is 2.85. The van der Waals surface area contributed by atoms with Crippen molar-refractivity contribution in [1.82, 2.24) is 10.3 Å². The van der Waals surface area contributed by atoms with Gasteiger partial charge in [0.2, 0.25) is 0 Å². The molecule has 1 fully saturated rings. The van der Waals surface area contributed by atoms with Gasteiger partial charge in [0.15, 0.2) is 0 Å². The van der Waals surface area contributed by atoms with Gasteiger partial charge in [0.1, 0.15) is 0 Å². The maximum Gasteiger partial charge on any atom is 0.0575 e. The van der Waals surface area contributed by atoms with Crippen LogP contribution in [0.1, 0.15) is 6.42 Å². The van der Waals surface area contributed by atoms with E-state index in [1.807, 2.05) is 12.1 Å². The Morgan fingerprint density at radius 1 is 1.46 bits per heavy atom. The van der Waals surface area contributed by atoms with Crippen molar-refractivity contribution in [3.05, 3.63) is 24.5 Å². The Kier molecular flexibility index (Phi) is 2.71. The molecule has 1 N–H and O–H groups in total. The summed E-state index contributed by atoms with van der Waals surface area (Å²) in [6.07, 6.45) is 4.39. The molecule has 0 saturated carbocycles. The van der Waals surface area contributed by atoms with E-state index >= 15 is 0 Å². The molecule has 1 aromatic heterocycles. The third-order valence-corrected chi connectivity index (χ3v) is 3.94. The smallest absolute Gasteiger partial charge is 0.0575 e. The van der Waals surface area contributed by atoms with Crippen molar-refractivity contribution in [3.8, 4) is 0 Å². The standard InChI is InChI=1S/C9H12N2OS/c12-13(9-3-6-11-7-9)8-1-4-10-5-2-8/h1-2,4-5,9,11H,3,6-7H2/t9-,13+/m1/s1. The largest absolute Gasteiger partial charge is 0.315 e. The molecule has 1 saturated heterocycles. The van der Waals surface area contributed by atoms with Gasteiger partial charge in [-0.3, -0.25) is 9.19 Å². The summed E-state index contributed by atoms with van der Waals surface area (Å²) in [5.74, 6) is 0. The maximum atomic E-state index is 11.9. The Morgan fingerprint density at radius 3 is 2.85 bits per heavy atom. The van der Waals surface area contributed by atoms with Gasteiger partial charge < -0.3 is 5.32 Å². The molecule has 3 nitrogen and oxygen atoms in total. The fraction of sp³-hybridized carbons (Fsp3) is 0.444. The molecule has 0 radical (unpaired) electrons. The summed E-state index contributed by atoms with van der Waals surface area (Å²) in [5.41, 5.74) is 0. The van der Waals surface area contributed by atoms with Crippen molar-refractivity contribution in [2.45, 2.75) is 16.6 Å². The van der Waals surface area contributed by atoms with Crippen molar-refractivity contribution >= 4 is 10.8 Å². The fourth-order valence-electron chi connectivity index (χ4n) is 1.48. The number of aromatic nitrogens is 1. The predicted octanol–water partition coefficient (Wildman–Crippen LogP) is 0.551.